The molecule has 0 radical (unpaired) electrons. The Kier molecular flexibility index (Phi) is 2.97. The van der Waals surface area contributed by atoms with Gasteiger partial charge in [0.1, 0.15) is 6.61 Å². The van der Waals surface area contributed by atoms with E-state index in [1.807, 2.05) is 0 Å². The summed E-state index contributed by atoms with van der Waals surface area (Å²) in [5.74, 6) is 2.34. The number of anilines is 1. The summed E-state index contributed by atoms with van der Waals surface area (Å²) in [5, 5.41) is 0. The molecule has 1 heterocycles. The van der Waals surface area contributed by atoms with Crippen molar-refractivity contribution < 1.29 is 4.84 Å². The number of hydrogen-bond acceptors (Lipinski definition) is 3. The number of nitrogens with zero attached hydrogens (tertiary/aromatic N) is 1. The average Bonchev–Trinajstić information content (AvgIpc) is 2.07. The highest BCUT2D eigenvalue weighted by atomic mass is 16.6. The SMILES string of the molecule is C#CCONc1ccncc1. The smallest absolute Gasteiger partial charge is 0.135 e. The van der Waals surface area contributed by atoms with E-state index in [0.29, 0.717) is 0 Å². The van der Waals surface area contributed by atoms with Crippen LogP contribution in [0.2, 0.25) is 0 Å². The zero-order chi connectivity index (χ0) is 7.94. The molecule has 1 N–H and O–H groups in total. The molecule has 0 fully saturated rings. The number of nitrogens with one attached hydrogen (secondary N) is 1. The van der Waals surface area contributed by atoms with Crippen LogP contribution in [0.1, 0.15) is 0 Å². The first-order valence-corrected chi connectivity index (χ1v) is 3.15. The molecule has 11 heavy (non-hydrogen) atoms. The quantitative estimate of drug-likeness (QED) is 0.395. The molecular formula is C8H8N2O. The van der Waals surface area contributed by atoms with Crippen molar-refractivity contribution in [3.8, 4) is 12.3 Å². The Hall–Kier alpha value is -1.53. The van der Waals surface area contributed by atoms with Crippen molar-refractivity contribution >= 4 is 5.69 Å². The Morgan fingerprint density at radius 1 is 1.55 bits per heavy atom. The minimum Gasteiger partial charge on any atom is -0.266 e. The fraction of sp³-hybridized carbons (Fsp3) is 0.125. The van der Waals surface area contributed by atoms with Crippen molar-refractivity contribution in [2.75, 3.05) is 12.1 Å². The number of rotatable bonds is 3. The zero-order valence-electron chi connectivity index (χ0n) is 5.95. The monoisotopic (exact) mass is 148 g/mol. The van der Waals surface area contributed by atoms with E-state index < -0.39 is 0 Å². The van der Waals surface area contributed by atoms with Crippen LogP contribution in [-0.2, 0) is 4.84 Å². The summed E-state index contributed by atoms with van der Waals surface area (Å²) in [7, 11) is 0. The van der Waals surface area contributed by atoms with Gasteiger partial charge in [-0.3, -0.25) is 15.3 Å². The standard InChI is InChI=1S/C8H8N2O/c1-2-7-11-10-8-3-5-9-6-4-8/h1,3-6H,7H2,(H,9,10). The van der Waals surface area contributed by atoms with E-state index in [0.717, 1.165) is 5.69 Å². The van der Waals surface area contributed by atoms with E-state index in [2.05, 4.69) is 16.4 Å². The van der Waals surface area contributed by atoms with Gasteiger partial charge in [-0.1, -0.05) is 5.92 Å². The van der Waals surface area contributed by atoms with Crippen molar-refractivity contribution in [3.05, 3.63) is 24.5 Å². The van der Waals surface area contributed by atoms with Crippen LogP contribution < -0.4 is 5.48 Å². The molecule has 0 aliphatic rings. The summed E-state index contributed by atoms with van der Waals surface area (Å²) in [6.45, 7) is 0.252. The first-order valence-electron chi connectivity index (χ1n) is 3.15. The number of hydrogen-bond donors (Lipinski definition) is 1. The predicted molar refractivity (Wildman–Crippen MR) is 42.6 cm³/mol. The molecule has 0 bridgehead atoms. The summed E-state index contributed by atoms with van der Waals surface area (Å²) in [4.78, 5) is 8.69. The molecule has 0 aliphatic heterocycles. The third-order valence-electron chi connectivity index (χ3n) is 1.03. The maximum atomic E-state index is 4.97. The predicted octanol–water partition coefficient (Wildman–Crippen LogP) is 1.06. The lowest BCUT2D eigenvalue weighted by Crippen LogP contribution is -2.00. The highest BCUT2D eigenvalue weighted by Gasteiger charge is 1.86. The molecule has 0 unspecified atom stereocenters. The molecule has 0 saturated carbocycles. The molecule has 0 amide bonds. The van der Waals surface area contributed by atoms with Gasteiger partial charge in [0.25, 0.3) is 0 Å². The van der Waals surface area contributed by atoms with Crippen LogP contribution in [0.25, 0.3) is 0 Å². The Morgan fingerprint density at radius 2 is 2.27 bits per heavy atom. The van der Waals surface area contributed by atoms with Gasteiger partial charge in [0, 0.05) is 12.4 Å². The van der Waals surface area contributed by atoms with E-state index in [1.165, 1.54) is 0 Å². The third-order valence-corrected chi connectivity index (χ3v) is 1.03. The molecule has 3 heteroatoms. The van der Waals surface area contributed by atoms with E-state index in [4.69, 9.17) is 11.3 Å². The topological polar surface area (TPSA) is 34.1 Å². The van der Waals surface area contributed by atoms with E-state index >= 15 is 0 Å². The Bertz CT molecular complexity index is 240. The maximum Gasteiger partial charge on any atom is 0.135 e. The van der Waals surface area contributed by atoms with E-state index in [9.17, 15) is 0 Å². The van der Waals surface area contributed by atoms with Crippen LogP contribution in [0.15, 0.2) is 24.5 Å². The van der Waals surface area contributed by atoms with Gasteiger partial charge < -0.3 is 0 Å². The van der Waals surface area contributed by atoms with Crippen molar-refractivity contribution in [1.29, 1.82) is 0 Å². The molecular weight excluding hydrogens is 140 g/mol. The first kappa shape index (κ1) is 7.58. The molecule has 0 spiro atoms. The molecule has 1 aromatic rings. The van der Waals surface area contributed by atoms with Gasteiger partial charge in [0.05, 0.1) is 5.69 Å². The van der Waals surface area contributed by atoms with Crippen molar-refractivity contribution in [3.63, 3.8) is 0 Å². The average molecular weight is 148 g/mol. The van der Waals surface area contributed by atoms with Gasteiger partial charge in [-0.2, -0.15) is 0 Å². The zero-order valence-corrected chi connectivity index (χ0v) is 5.95. The molecule has 0 atom stereocenters. The van der Waals surface area contributed by atoms with Gasteiger partial charge in [-0.05, 0) is 12.1 Å². The lowest BCUT2D eigenvalue weighted by Gasteiger charge is -2.01. The summed E-state index contributed by atoms with van der Waals surface area (Å²) < 4.78 is 0. The Balaban J connectivity index is 2.35. The van der Waals surface area contributed by atoms with Crippen LogP contribution in [0, 0.1) is 12.3 Å². The molecule has 0 aromatic carbocycles. The molecule has 56 valence electrons. The normalized spacial score (nSPS) is 8.64. The highest BCUT2D eigenvalue weighted by molar-refractivity contribution is 5.38. The maximum absolute atomic E-state index is 4.97. The summed E-state index contributed by atoms with van der Waals surface area (Å²) in [6.07, 6.45) is 8.30. The molecule has 3 nitrogen and oxygen atoms in total. The molecule has 0 aliphatic carbocycles. The van der Waals surface area contributed by atoms with Crippen LogP contribution in [0.5, 0.6) is 0 Å². The number of pyridine rings is 1. The number of aromatic nitrogens is 1. The second kappa shape index (κ2) is 4.31. The van der Waals surface area contributed by atoms with E-state index in [1.54, 1.807) is 24.5 Å². The summed E-state index contributed by atoms with van der Waals surface area (Å²) in [6, 6.07) is 3.58. The molecule has 1 rings (SSSR count). The summed E-state index contributed by atoms with van der Waals surface area (Å²) in [5.41, 5.74) is 3.51. The van der Waals surface area contributed by atoms with Crippen LogP contribution in [-0.4, -0.2) is 11.6 Å². The van der Waals surface area contributed by atoms with Crippen LogP contribution in [0.3, 0.4) is 0 Å². The van der Waals surface area contributed by atoms with Gasteiger partial charge in [-0.15, -0.1) is 6.42 Å². The second-order valence-electron chi connectivity index (χ2n) is 1.83. The van der Waals surface area contributed by atoms with Crippen LogP contribution >= 0.6 is 0 Å². The van der Waals surface area contributed by atoms with Gasteiger partial charge >= 0.3 is 0 Å². The number of terminal acetylenes is 1. The lowest BCUT2D eigenvalue weighted by molar-refractivity contribution is 0.234. The summed E-state index contributed by atoms with van der Waals surface area (Å²) >= 11 is 0. The van der Waals surface area contributed by atoms with Crippen LogP contribution in [0.4, 0.5) is 5.69 Å². The van der Waals surface area contributed by atoms with Gasteiger partial charge in [0.15, 0.2) is 0 Å². The molecule has 1 aromatic heterocycles. The van der Waals surface area contributed by atoms with Gasteiger partial charge in [0.2, 0.25) is 0 Å². The Labute approximate surface area is 65.4 Å². The fourth-order valence-electron chi connectivity index (χ4n) is 0.581. The van der Waals surface area contributed by atoms with Crippen molar-refractivity contribution in [1.82, 2.24) is 4.98 Å². The fourth-order valence-corrected chi connectivity index (χ4v) is 0.581. The van der Waals surface area contributed by atoms with Gasteiger partial charge in [-0.25, -0.2) is 0 Å². The first-order chi connectivity index (χ1) is 5.43. The van der Waals surface area contributed by atoms with E-state index in [-0.39, 0.29) is 6.61 Å². The van der Waals surface area contributed by atoms with Crippen molar-refractivity contribution in [2.24, 2.45) is 0 Å². The Morgan fingerprint density at radius 3 is 2.91 bits per heavy atom. The molecule has 0 saturated heterocycles. The lowest BCUT2D eigenvalue weighted by atomic mass is 10.4. The third kappa shape index (κ3) is 2.70. The second-order valence-corrected chi connectivity index (χ2v) is 1.83. The minimum atomic E-state index is 0.252. The van der Waals surface area contributed by atoms with Crippen molar-refractivity contribution in [2.45, 2.75) is 0 Å². The highest BCUT2D eigenvalue weighted by Crippen LogP contribution is 2.01. The minimum absolute atomic E-state index is 0.252. The largest absolute Gasteiger partial charge is 0.266 e.